The third kappa shape index (κ3) is 3.68. The summed E-state index contributed by atoms with van der Waals surface area (Å²) in [7, 11) is 0. The summed E-state index contributed by atoms with van der Waals surface area (Å²) in [6.07, 6.45) is -1.34. The maximum absolute atomic E-state index is 13.7. The van der Waals surface area contributed by atoms with Crippen LogP contribution in [0.2, 0.25) is 0 Å². The maximum Gasteiger partial charge on any atom is 0.418 e. The molecule has 1 aliphatic rings. The number of ether oxygens (including phenoxy) is 1. The molecule has 1 saturated carbocycles. The molecule has 0 spiro atoms. The highest BCUT2D eigenvalue weighted by atomic mass is 32.2. The number of alkyl halides is 3. The predicted octanol–water partition coefficient (Wildman–Crippen LogP) is 3.24. The third-order valence-corrected chi connectivity index (χ3v) is 5.01. The fourth-order valence-corrected chi connectivity index (χ4v) is 3.53. The van der Waals surface area contributed by atoms with Crippen LogP contribution in [0.15, 0.2) is 23.1 Å². The summed E-state index contributed by atoms with van der Waals surface area (Å²) in [6, 6.07) is 1.83. The first kappa shape index (κ1) is 19.0. The van der Waals surface area contributed by atoms with E-state index in [0.29, 0.717) is 5.75 Å². The van der Waals surface area contributed by atoms with Crippen molar-refractivity contribution >= 4 is 22.8 Å². The number of halogens is 3. The average Bonchev–Trinajstić information content (AvgIpc) is 2.51. The first-order chi connectivity index (χ1) is 12.1. The van der Waals surface area contributed by atoms with Crippen molar-refractivity contribution in [3.8, 4) is 5.75 Å². The predicted molar refractivity (Wildman–Crippen MR) is 93.8 cm³/mol. The first-order valence-corrected chi connectivity index (χ1v) is 9.48. The van der Waals surface area contributed by atoms with Crippen LogP contribution in [0.3, 0.4) is 0 Å². The van der Waals surface area contributed by atoms with Gasteiger partial charge >= 0.3 is 6.18 Å². The molecule has 142 valence electrons. The third-order valence-electron chi connectivity index (χ3n) is 4.43. The Morgan fingerprint density at radius 2 is 2.12 bits per heavy atom. The van der Waals surface area contributed by atoms with Crippen LogP contribution >= 0.6 is 11.8 Å². The molecule has 0 aliphatic heterocycles. The zero-order chi connectivity index (χ0) is 19.1. The van der Waals surface area contributed by atoms with Gasteiger partial charge in [-0.05, 0) is 32.1 Å². The molecule has 1 aromatic carbocycles. The van der Waals surface area contributed by atoms with Crippen molar-refractivity contribution in [2.75, 3.05) is 18.6 Å². The lowest BCUT2D eigenvalue weighted by molar-refractivity contribution is -0.136. The second kappa shape index (κ2) is 6.77. The molecule has 3 rings (SSSR count). The van der Waals surface area contributed by atoms with Gasteiger partial charge in [0.2, 0.25) is 0 Å². The lowest BCUT2D eigenvalue weighted by Gasteiger charge is -2.42. The minimum absolute atomic E-state index is 0.0464. The summed E-state index contributed by atoms with van der Waals surface area (Å²) in [6.45, 7) is 1.87. The molecule has 0 saturated heterocycles. The van der Waals surface area contributed by atoms with E-state index in [1.54, 1.807) is 6.92 Å². The number of thioether (sulfide) groups is 1. The molecule has 1 aliphatic carbocycles. The summed E-state index contributed by atoms with van der Waals surface area (Å²) in [4.78, 5) is 16.2. The van der Waals surface area contributed by atoms with Gasteiger partial charge in [0.05, 0.1) is 35.0 Å². The molecule has 0 amide bonds. The van der Waals surface area contributed by atoms with Crippen molar-refractivity contribution in [1.29, 1.82) is 0 Å². The molecule has 0 atom stereocenters. The maximum atomic E-state index is 13.7. The Morgan fingerprint density at radius 1 is 1.42 bits per heavy atom. The summed E-state index contributed by atoms with van der Waals surface area (Å²) < 4.78 is 47.6. The Labute approximate surface area is 152 Å². The lowest BCUT2D eigenvalue weighted by Crippen LogP contribution is -2.45. The van der Waals surface area contributed by atoms with Gasteiger partial charge in [0, 0.05) is 17.9 Å². The number of aromatic nitrogens is 2. The van der Waals surface area contributed by atoms with Crippen LogP contribution in [0.4, 0.5) is 13.2 Å². The standard InChI is InChI=1S/C17H19F3N2O3S/c1-16(24)7-10(8-16)22-14(23)9-21-13-6-11(25-3-4-26-2)5-12(15(13)22)17(18,19)20/h5-6,9-10,24H,3-4,7-8H2,1-2H3. The number of fused-ring (bicyclic) bond motifs is 1. The van der Waals surface area contributed by atoms with Gasteiger partial charge in [0.15, 0.2) is 0 Å². The number of rotatable bonds is 5. The molecule has 1 fully saturated rings. The van der Waals surface area contributed by atoms with E-state index < -0.39 is 28.9 Å². The second-order valence-corrected chi connectivity index (χ2v) is 7.69. The van der Waals surface area contributed by atoms with Gasteiger partial charge in [-0.3, -0.25) is 4.79 Å². The fourth-order valence-electron chi connectivity index (χ4n) is 3.28. The number of hydrogen-bond acceptors (Lipinski definition) is 5. The number of aliphatic hydroxyl groups is 1. The SMILES string of the molecule is CSCCOc1cc(C(F)(F)F)c2c(c1)ncc(=O)n2C1CC(C)(O)C1. The van der Waals surface area contributed by atoms with E-state index >= 15 is 0 Å². The highest BCUT2D eigenvalue weighted by Gasteiger charge is 2.42. The Bertz CT molecular complexity index is 872. The fraction of sp³-hybridized carbons (Fsp3) is 0.529. The van der Waals surface area contributed by atoms with Gasteiger partial charge < -0.3 is 14.4 Å². The highest BCUT2D eigenvalue weighted by molar-refractivity contribution is 7.98. The zero-order valence-corrected chi connectivity index (χ0v) is 15.2. The van der Waals surface area contributed by atoms with E-state index in [-0.39, 0.29) is 36.2 Å². The number of benzene rings is 1. The molecule has 0 radical (unpaired) electrons. The molecule has 0 unspecified atom stereocenters. The van der Waals surface area contributed by atoms with Crippen LogP contribution in [0.1, 0.15) is 31.4 Å². The Hall–Kier alpha value is -1.74. The lowest BCUT2D eigenvalue weighted by atomic mass is 9.77. The van der Waals surface area contributed by atoms with Gasteiger partial charge in [-0.25, -0.2) is 4.98 Å². The van der Waals surface area contributed by atoms with Crippen LogP contribution in [0.5, 0.6) is 5.75 Å². The quantitative estimate of drug-likeness (QED) is 0.797. The van der Waals surface area contributed by atoms with Crippen LogP contribution in [-0.2, 0) is 6.18 Å². The summed E-state index contributed by atoms with van der Waals surface area (Å²) in [5.74, 6) is 0.709. The van der Waals surface area contributed by atoms with Gasteiger partial charge in [0.1, 0.15) is 5.75 Å². The largest absolute Gasteiger partial charge is 0.493 e. The van der Waals surface area contributed by atoms with Gasteiger partial charge in [0.25, 0.3) is 5.56 Å². The van der Waals surface area contributed by atoms with Crippen molar-refractivity contribution in [3.63, 3.8) is 0 Å². The Morgan fingerprint density at radius 3 is 2.69 bits per heavy atom. The van der Waals surface area contributed by atoms with Crippen molar-refractivity contribution in [3.05, 3.63) is 34.2 Å². The summed E-state index contributed by atoms with van der Waals surface area (Å²) in [5.41, 5.74) is -2.75. The molecule has 1 heterocycles. The molecular weight excluding hydrogens is 369 g/mol. The minimum atomic E-state index is -4.67. The van der Waals surface area contributed by atoms with E-state index in [9.17, 15) is 23.1 Å². The van der Waals surface area contributed by atoms with Gasteiger partial charge in [-0.1, -0.05) is 0 Å². The molecule has 2 aromatic rings. The molecule has 9 heteroatoms. The van der Waals surface area contributed by atoms with Crippen LogP contribution in [-0.4, -0.2) is 38.9 Å². The monoisotopic (exact) mass is 388 g/mol. The molecule has 0 bridgehead atoms. The summed E-state index contributed by atoms with van der Waals surface area (Å²) in [5, 5.41) is 9.93. The smallest absolute Gasteiger partial charge is 0.418 e. The molecule has 5 nitrogen and oxygen atoms in total. The zero-order valence-electron chi connectivity index (χ0n) is 14.3. The molecule has 1 N–H and O–H groups in total. The Kier molecular flexibility index (Phi) is 4.96. The Balaban J connectivity index is 2.16. The summed E-state index contributed by atoms with van der Waals surface area (Å²) >= 11 is 1.52. The normalized spacial score (nSPS) is 23.1. The molecular formula is C17H19F3N2O3S. The minimum Gasteiger partial charge on any atom is -0.493 e. The van der Waals surface area contributed by atoms with E-state index in [2.05, 4.69) is 4.98 Å². The van der Waals surface area contributed by atoms with Gasteiger partial charge in [-0.15, -0.1) is 0 Å². The molecule has 1 aromatic heterocycles. The van der Waals surface area contributed by atoms with Crippen molar-refractivity contribution in [1.82, 2.24) is 9.55 Å². The van der Waals surface area contributed by atoms with E-state index in [1.165, 1.54) is 17.8 Å². The van der Waals surface area contributed by atoms with Crippen LogP contribution in [0.25, 0.3) is 11.0 Å². The topological polar surface area (TPSA) is 64.3 Å². The van der Waals surface area contributed by atoms with Crippen LogP contribution in [0, 0.1) is 0 Å². The van der Waals surface area contributed by atoms with Crippen LogP contribution < -0.4 is 10.3 Å². The van der Waals surface area contributed by atoms with E-state index in [4.69, 9.17) is 4.74 Å². The highest BCUT2D eigenvalue weighted by Crippen LogP contribution is 2.44. The first-order valence-electron chi connectivity index (χ1n) is 8.09. The van der Waals surface area contributed by atoms with E-state index in [1.807, 2.05) is 6.26 Å². The van der Waals surface area contributed by atoms with Crippen molar-refractivity contribution in [2.45, 2.75) is 37.6 Å². The molecule has 26 heavy (non-hydrogen) atoms. The second-order valence-electron chi connectivity index (χ2n) is 6.70. The average molecular weight is 388 g/mol. The van der Waals surface area contributed by atoms with Gasteiger partial charge in [-0.2, -0.15) is 24.9 Å². The van der Waals surface area contributed by atoms with E-state index in [0.717, 1.165) is 16.8 Å². The van der Waals surface area contributed by atoms with Crippen molar-refractivity contribution < 1.29 is 23.0 Å². The van der Waals surface area contributed by atoms with Crippen molar-refractivity contribution in [2.24, 2.45) is 0 Å². The number of nitrogens with zero attached hydrogens (tertiary/aromatic N) is 2. The number of hydrogen-bond donors (Lipinski definition) is 1.